The van der Waals surface area contributed by atoms with E-state index in [-0.39, 0.29) is 0 Å². The Kier molecular flexibility index (Phi) is 3.38. The Bertz CT molecular complexity index is 312. The molecule has 0 spiro atoms. The van der Waals surface area contributed by atoms with Crippen LogP contribution in [-0.4, -0.2) is 40.6 Å². The van der Waals surface area contributed by atoms with E-state index in [2.05, 4.69) is 33.6 Å². The highest BCUT2D eigenvalue weighted by molar-refractivity contribution is 5.11. The van der Waals surface area contributed by atoms with E-state index in [9.17, 15) is 0 Å². The van der Waals surface area contributed by atoms with Gasteiger partial charge in [0.25, 0.3) is 0 Å². The minimum atomic E-state index is 1.00. The quantitative estimate of drug-likeness (QED) is 0.790. The van der Waals surface area contributed by atoms with Crippen LogP contribution in [-0.2, 0) is 13.1 Å². The highest BCUT2D eigenvalue weighted by Crippen LogP contribution is 2.09. The molecule has 1 aliphatic heterocycles. The van der Waals surface area contributed by atoms with E-state index in [1.165, 1.54) is 11.4 Å². The number of nitrogens with zero attached hydrogens (tertiary/aromatic N) is 3. The summed E-state index contributed by atoms with van der Waals surface area (Å²) in [5.74, 6) is 0. The average molecular weight is 208 g/mol. The molecule has 1 N–H and O–H groups in total. The Hall–Kier alpha value is -0.870. The minimum Gasteiger partial charge on any atom is -0.335 e. The molecule has 84 valence electrons. The second kappa shape index (κ2) is 4.77. The molecule has 0 saturated carbocycles. The van der Waals surface area contributed by atoms with Crippen molar-refractivity contribution in [2.45, 2.75) is 26.9 Å². The van der Waals surface area contributed by atoms with Gasteiger partial charge in [0.1, 0.15) is 0 Å². The lowest BCUT2D eigenvalue weighted by Crippen LogP contribution is -2.43. The predicted molar refractivity (Wildman–Crippen MR) is 60.8 cm³/mol. The molecule has 1 aromatic rings. The molecular formula is C11H20N4. The second-order valence-corrected chi connectivity index (χ2v) is 4.09. The molecule has 0 aliphatic carbocycles. The third-order valence-electron chi connectivity index (χ3n) is 3.13. The molecule has 0 aromatic carbocycles. The highest BCUT2D eigenvalue weighted by atomic mass is 15.2. The third-order valence-corrected chi connectivity index (χ3v) is 3.13. The number of nitrogens with one attached hydrogen (secondary N) is 1. The summed E-state index contributed by atoms with van der Waals surface area (Å²) in [6, 6.07) is 0. The van der Waals surface area contributed by atoms with Gasteiger partial charge in [0.15, 0.2) is 0 Å². The van der Waals surface area contributed by atoms with Crippen molar-refractivity contribution in [1.29, 1.82) is 0 Å². The number of hydrogen-bond donors (Lipinski definition) is 1. The maximum absolute atomic E-state index is 4.48. The first-order valence-corrected chi connectivity index (χ1v) is 5.75. The summed E-state index contributed by atoms with van der Waals surface area (Å²) in [4.78, 5) is 6.95. The van der Waals surface area contributed by atoms with Gasteiger partial charge in [0, 0.05) is 45.0 Å². The van der Waals surface area contributed by atoms with Gasteiger partial charge in [-0.15, -0.1) is 0 Å². The Morgan fingerprint density at radius 3 is 2.73 bits per heavy atom. The molecule has 1 saturated heterocycles. The molecule has 0 unspecified atom stereocenters. The van der Waals surface area contributed by atoms with Crippen LogP contribution < -0.4 is 5.32 Å². The summed E-state index contributed by atoms with van der Waals surface area (Å²) < 4.78 is 2.21. The molecular weight excluding hydrogens is 188 g/mol. The van der Waals surface area contributed by atoms with Crippen LogP contribution in [0.1, 0.15) is 18.3 Å². The first-order valence-electron chi connectivity index (χ1n) is 5.75. The number of aromatic nitrogens is 2. The van der Waals surface area contributed by atoms with E-state index in [0.717, 1.165) is 39.3 Å². The molecule has 0 radical (unpaired) electrons. The van der Waals surface area contributed by atoms with Crippen molar-refractivity contribution in [2.24, 2.45) is 0 Å². The Balaban J connectivity index is 2.00. The molecule has 1 fully saturated rings. The Labute approximate surface area is 91.3 Å². The SMILES string of the molecule is CCn1cnc(CN2CCNCC2)c1C. The fourth-order valence-corrected chi connectivity index (χ4v) is 2.04. The summed E-state index contributed by atoms with van der Waals surface area (Å²) >= 11 is 0. The van der Waals surface area contributed by atoms with E-state index in [1.807, 2.05) is 6.33 Å². The summed E-state index contributed by atoms with van der Waals surface area (Å²) in [6.45, 7) is 10.8. The van der Waals surface area contributed by atoms with Crippen LogP contribution in [0.25, 0.3) is 0 Å². The van der Waals surface area contributed by atoms with Crippen LogP contribution in [0.4, 0.5) is 0 Å². The van der Waals surface area contributed by atoms with Gasteiger partial charge in [-0.25, -0.2) is 4.98 Å². The van der Waals surface area contributed by atoms with Gasteiger partial charge >= 0.3 is 0 Å². The van der Waals surface area contributed by atoms with Crippen molar-refractivity contribution in [1.82, 2.24) is 19.8 Å². The molecule has 0 amide bonds. The number of rotatable bonds is 3. The summed E-state index contributed by atoms with van der Waals surface area (Å²) in [5, 5.41) is 3.36. The molecule has 0 atom stereocenters. The van der Waals surface area contributed by atoms with Crippen LogP contribution in [0.3, 0.4) is 0 Å². The number of piperazine rings is 1. The van der Waals surface area contributed by atoms with Gasteiger partial charge < -0.3 is 9.88 Å². The zero-order valence-electron chi connectivity index (χ0n) is 9.66. The van der Waals surface area contributed by atoms with Crippen molar-refractivity contribution in [3.05, 3.63) is 17.7 Å². The van der Waals surface area contributed by atoms with E-state index < -0.39 is 0 Å². The van der Waals surface area contributed by atoms with Crippen molar-refractivity contribution >= 4 is 0 Å². The van der Waals surface area contributed by atoms with Crippen molar-refractivity contribution in [3.8, 4) is 0 Å². The Morgan fingerprint density at radius 1 is 1.40 bits per heavy atom. The molecule has 2 heterocycles. The normalized spacial score (nSPS) is 18.3. The van der Waals surface area contributed by atoms with Crippen molar-refractivity contribution in [3.63, 3.8) is 0 Å². The summed E-state index contributed by atoms with van der Waals surface area (Å²) in [5.41, 5.74) is 2.55. The highest BCUT2D eigenvalue weighted by Gasteiger charge is 2.13. The van der Waals surface area contributed by atoms with Gasteiger partial charge in [0.05, 0.1) is 12.0 Å². The zero-order valence-corrected chi connectivity index (χ0v) is 9.66. The third kappa shape index (κ3) is 2.38. The summed E-state index contributed by atoms with van der Waals surface area (Å²) in [6.07, 6.45) is 1.95. The lowest BCUT2D eigenvalue weighted by molar-refractivity contribution is 0.230. The maximum Gasteiger partial charge on any atom is 0.0952 e. The van der Waals surface area contributed by atoms with Crippen LogP contribution in [0.2, 0.25) is 0 Å². The number of hydrogen-bond acceptors (Lipinski definition) is 3. The maximum atomic E-state index is 4.48. The van der Waals surface area contributed by atoms with Crippen LogP contribution in [0.5, 0.6) is 0 Å². The Morgan fingerprint density at radius 2 is 2.13 bits per heavy atom. The average Bonchev–Trinajstić information content (AvgIpc) is 2.62. The van der Waals surface area contributed by atoms with E-state index in [0.29, 0.717) is 0 Å². The van der Waals surface area contributed by atoms with E-state index >= 15 is 0 Å². The van der Waals surface area contributed by atoms with Crippen LogP contribution in [0, 0.1) is 6.92 Å². The van der Waals surface area contributed by atoms with Crippen LogP contribution in [0.15, 0.2) is 6.33 Å². The molecule has 4 heteroatoms. The van der Waals surface area contributed by atoms with Gasteiger partial charge in [-0.3, -0.25) is 4.90 Å². The van der Waals surface area contributed by atoms with Gasteiger partial charge in [0.2, 0.25) is 0 Å². The molecule has 15 heavy (non-hydrogen) atoms. The lowest BCUT2D eigenvalue weighted by atomic mass is 10.3. The number of aryl methyl sites for hydroxylation is 1. The van der Waals surface area contributed by atoms with Gasteiger partial charge in [-0.05, 0) is 13.8 Å². The second-order valence-electron chi connectivity index (χ2n) is 4.09. The summed E-state index contributed by atoms with van der Waals surface area (Å²) in [7, 11) is 0. The van der Waals surface area contributed by atoms with Crippen molar-refractivity contribution in [2.75, 3.05) is 26.2 Å². The molecule has 1 aromatic heterocycles. The fraction of sp³-hybridized carbons (Fsp3) is 0.727. The van der Waals surface area contributed by atoms with E-state index in [4.69, 9.17) is 0 Å². The van der Waals surface area contributed by atoms with E-state index in [1.54, 1.807) is 0 Å². The van der Waals surface area contributed by atoms with Crippen molar-refractivity contribution < 1.29 is 0 Å². The first-order chi connectivity index (χ1) is 7.31. The minimum absolute atomic E-state index is 1.00. The standard InChI is InChI=1S/C11H20N4/c1-3-15-9-13-11(10(15)2)8-14-6-4-12-5-7-14/h9,12H,3-8H2,1-2H3. The topological polar surface area (TPSA) is 33.1 Å². The molecule has 1 aliphatic rings. The zero-order chi connectivity index (χ0) is 10.7. The molecule has 0 bridgehead atoms. The monoisotopic (exact) mass is 208 g/mol. The predicted octanol–water partition coefficient (Wildman–Crippen LogP) is 0.617. The molecule has 2 rings (SSSR count). The lowest BCUT2D eigenvalue weighted by Gasteiger charge is -2.26. The fourth-order valence-electron chi connectivity index (χ4n) is 2.04. The van der Waals surface area contributed by atoms with Gasteiger partial charge in [-0.1, -0.05) is 0 Å². The molecule has 4 nitrogen and oxygen atoms in total. The van der Waals surface area contributed by atoms with Gasteiger partial charge in [-0.2, -0.15) is 0 Å². The van der Waals surface area contributed by atoms with Crippen LogP contribution >= 0.6 is 0 Å². The largest absolute Gasteiger partial charge is 0.335 e. The smallest absolute Gasteiger partial charge is 0.0952 e. The first kappa shape index (κ1) is 10.6. The number of imidazole rings is 1.